The average Bonchev–Trinajstić information content (AvgIpc) is 2.82. The minimum Gasteiger partial charge on any atom is -0.493 e. The molecule has 0 N–H and O–H groups in total. The largest absolute Gasteiger partial charge is 0.493 e. The van der Waals surface area contributed by atoms with Crippen LogP contribution in [0, 0.1) is 6.92 Å². The van der Waals surface area contributed by atoms with E-state index in [2.05, 4.69) is 0 Å². The van der Waals surface area contributed by atoms with Gasteiger partial charge in [-0.1, -0.05) is 48.0 Å². The zero-order valence-corrected chi connectivity index (χ0v) is 18.4. The standard InChI is InChI=1S/C26H24O6/c1-17-8-11-19(12-9-17)22(27)13-10-18-6-5-7-21(14-18)32-26(28)20-15-23(29-2)25(31-4)24(16-20)30-3/h5-16H,1-4H3/b13-10+. The lowest BCUT2D eigenvalue weighted by Crippen LogP contribution is -2.09. The summed E-state index contributed by atoms with van der Waals surface area (Å²) < 4.78 is 21.3. The molecule has 0 aliphatic heterocycles. The second-order valence-electron chi connectivity index (χ2n) is 6.94. The van der Waals surface area contributed by atoms with Gasteiger partial charge in [-0.2, -0.15) is 0 Å². The van der Waals surface area contributed by atoms with E-state index < -0.39 is 5.97 Å². The third-order valence-electron chi connectivity index (χ3n) is 4.73. The molecule has 0 aliphatic carbocycles. The molecule has 6 heteroatoms. The number of aryl methyl sites for hydroxylation is 1. The highest BCUT2D eigenvalue weighted by molar-refractivity contribution is 6.06. The molecule has 32 heavy (non-hydrogen) atoms. The molecule has 3 aromatic rings. The molecule has 164 valence electrons. The second kappa shape index (κ2) is 10.3. The first-order valence-electron chi connectivity index (χ1n) is 9.86. The van der Waals surface area contributed by atoms with E-state index in [4.69, 9.17) is 18.9 Å². The maximum Gasteiger partial charge on any atom is 0.343 e. The number of rotatable bonds is 8. The summed E-state index contributed by atoms with van der Waals surface area (Å²) >= 11 is 0. The Morgan fingerprint density at radius 1 is 0.781 bits per heavy atom. The Bertz CT molecular complexity index is 1120. The molecule has 0 radical (unpaired) electrons. The summed E-state index contributed by atoms with van der Waals surface area (Å²) in [4.78, 5) is 25.0. The van der Waals surface area contributed by atoms with Crippen molar-refractivity contribution in [3.8, 4) is 23.0 Å². The molecule has 0 aliphatic rings. The molecule has 0 amide bonds. The topological polar surface area (TPSA) is 71.1 Å². The molecule has 0 bridgehead atoms. The van der Waals surface area contributed by atoms with Crippen molar-refractivity contribution in [3.05, 3.63) is 89.0 Å². The number of hydrogen-bond acceptors (Lipinski definition) is 6. The molecule has 0 unspecified atom stereocenters. The SMILES string of the molecule is COc1cc(C(=O)Oc2cccc(/C=C/C(=O)c3ccc(C)cc3)c2)cc(OC)c1OC. The van der Waals surface area contributed by atoms with Gasteiger partial charge in [-0.05, 0) is 42.8 Å². The molecular weight excluding hydrogens is 408 g/mol. The molecule has 6 nitrogen and oxygen atoms in total. The van der Waals surface area contributed by atoms with Crippen molar-refractivity contribution in [2.45, 2.75) is 6.92 Å². The van der Waals surface area contributed by atoms with E-state index in [1.807, 2.05) is 25.1 Å². The zero-order chi connectivity index (χ0) is 23.1. The van der Waals surface area contributed by atoms with Crippen molar-refractivity contribution >= 4 is 17.8 Å². The van der Waals surface area contributed by atoms with Gasteiger partial charge < -0.3 is 18.9 Å². The number of ether oxygens (including phenoxy) is 4. The number of benzene rings is 3. The van der Waals surface area contributed by atoms with Crippen LogP contribution >= 0.6 is 0 Å². The van der Waals surface area contributed by atoms with Gasteiger partial charge in [-0.15, -0.1) is 0 Å². The number of esters is 1. The van der Waals surface area contributed by atoms with Crippen molar-refractivity contribution in [3.63, 3.8) is 0 Å². The van der Waals surface area contributed by atoms with E-state index in [0.29, 0.717) is 28.6 Å². The predicted octanol–water partition coefficient (Wildman–Crippen LogP) is 5.14. The Hall–Kier alpha value is -4.06. The van der Waals surface area contributed by atoms with Crippen LogP contribution in [0.5, 0.6) is 23.0 Å². The minimum atomic E-state index is -0.582. The predicted molar refractivity (Wildman–Crippen MR) is 122 cm³/mol. The molecule has 0 heterocycles. The lowest BCUT2D eigenvalue weighted by atomic mass is 10.1. The maximum atomic E-state index is 12.7. The molecular formula is C26H24O6. The zero-order valence-electron chi connectivity index (χ0n) is 18.4. The van der Waals surface area contributed by atoms with Crippen LogP contribution in [0.4, 0.5) is 0 Å². The monoisotopic (exact) mass is 432 g/mol. The Morgan fingerprint density at radius 2 is 1.44 bits per heavy atom. The lowest BCUT2D eigenvalue weighted by Gasteiger charge is -2.13. The Morgan fingerprint density at radius 3 is 2.03 bits per heavy atom. The van der Waals surface area contributed by atoms with Crippen LogP contribution < -0.4 is 18.9 Å². The number of carbonyl (C=O) groups excluding carboxylic acids is 2. The van der Waals surface area contributed by atoms with E-state index in [-0.39, 0.29) is 11.3 Å². The van der Waals surface area contributed by atoms with Gasteiger partial charge in [0.25, 0.3) is 0 Å². The van der Waals surface area contributed by atoms with Crippen LogP contribution in [0.2, 0.25) is 0 Å². The summed E-state index contributed by atoms with van der Waals surface area (Å²) in [6.07, 6.45) is 3.17. The van der Waals surface area contributed by atoms with Crippen LogP contribution in [0.3, 0.4) is 0 Å². The van der Waals surface area contributed by atoms with Gasteiger partial charge in [0.05, 0.1) is 26.9 Å². The Kier molecular flexibility index (Phi) is 7.29. The third kappa shape index (κ3) is 5.35. The fraction of sp³-hybridized carbons (Fsp3) is 0.154. The van der Waals surface area contributed by atoms with E-state index in [0.717, 1.165) is 11.1 Å². The maximum absolute atomic E-state index is 12.7. The number of allylic oxidation sites excluding steroid dienone is 1. The van der Waals surface area contributed by atoms with Crippen LogP contribution in [0.15, 0.2) is 66.7 Å². The quantitative estimate of drug-likeness (QED) is 0.213. The Balaban J connectivity index is 1.76. The smallest absolute Gasteiger partial charge is 0.343 e. The number of hydrogen-bond donors (Lipinski definition) is 0. The first kappa shape index (κ1) is 22.6. The first-order valence-corrected chi connectivity index (χ1v) is 9.86. The van der Waals surface area contributed by atoms with Gasteiger partial charge in [-0.3, -0.25) is 4.79 Å². The fourth-order valence-electron chi connectivity index (χ4n) is 3.03. The van der Waals surface area contributed by atoms with Crippen molar-refractivity contribution in [1.82, 2.24) is 0 Å². The van der Waals surface area contributed by atoms with Gasteiger partial charge in [0.1, 0.15) is 5.75 Å². The van der Waals surface area contributed by atoms with Crippen molar-refractivity contribution < 1.29 is 28.5 Å². The highest BCUT2D eigenvalue weighted by Gasteiger charge is 2.18. The summed E-state index contributed by atoms with van der Waals surface area (Å²) in [6, 6.07) is 17.3. The third-order valence-corrected chi connectivity index (χ3v) is 4.73. The lowest BCUT2D eigenvalue weighted by molar-refractivity contribution is 0.0733. The summed E-state index contributed by atoms with van der Waals surface area (Å²) in [5, 5.41) is 0. The van der Waals surface area contributed by atoms with E-state index in [1.165, 1.54) is 39.5 Å². The van der Waals surface area contributed by atoms with Gasteiger partial charge in [0.2, 0.25) is 5.75 Å². The van der Waals surface area contributed by atoms with E-state index in [9.17, 15) is 9.59 Å². The number of ketones is 1. The fourth-order valence-corrected chi connectivity index (χ4v) is 3.03. The highest BCUT2D eigenvalue weighted by Crippen LogP contribution is 2.38. The van der Waals surface area contributed by atoms with Crippen molar-refractivity contribution in [2.75, 3.05) is 21.3 Å². The molecule has 0 fully saturated rings. The molecule has 3 aromatic carbocycles. The minimum absolute atomic E-state index is 0.107. The van der Waals surface area contributed by atoms with Gasteiger partial charge in [0.15, 0.2) is 17.3 Å². The summed E-state index contributed by atoms with van der Waals surface area (Å²) in [5.74, 6) is 0.742. The summed E-state index contributed by atoms with van der Waals surface area (Å²) in [6.45, 7) is 1.97. The Labute approximate surface area is 187 Å². The molecule has 0 spiro atoms. The number of carbonyl (C=O) groups is 2. The van der Waals surface area contributed by atoms with Crippen LogP contribution in [-0.4, -0.2) is 33.1 Å². The molecule has 0 saturated heterocycles. The number of methoxy groups -OCH3 is 3. The van der Waals surface area contributed by atoms with Crippen LogP contribution in [0.25, 0.3) is 6.08 Å². The summed E-state index contributed by atoms with van der Waals surface area (Å²) in [7, 11) is 4.43. The van der Waals surface area contributed by atoms with Crippen LogP contribution in [0.1, 0.15) is 31.8 Å². The average molecular weight is 432 g/mol. The van der Waals surface area contributed by atoms with E-state index >= 15 is 0 Å². The molecule has 0 atom stereocenters. The molecule has 0 saturated carbocycles. The second-order valence-corrected chi connectivity index (χ2v) is 6.94. The normalized spacial score (nSPS) is 10.6. The van der Waals surface area contributed by atoms with Crippen LogP contribution in [-0.2, 0) is 0 Å². The van der Waals surface area contributed by atoms with Gasteiger partial charge in [-0.25, -0.2) is 4.79 Å². The van der Waals surface area contributed by atoms with Crippen molar-refractivity contribution in [2.24, 2.45) is 0 Å². The molecule has 0 aromatic heterocycles. The van der Waals surface area contributed by atoms with Gasteiger partial charge in [0, 0.05) is 5.56 Å². The van der Waals surface area contributed by atoms with E-state index in [1.54, 1.807) is 36.4 Å². The first-order chi connectivity index (χ1) is 15.4. The van der Waals surface area contributed by atoms with Crippen molar-refractivity contribution in [1.29, 1.82) is 0 Å². The highest BCUT2D eigenvalue weighted by atomic mass is 16.5. The molecule has 3 rings (SSSR count). The van der Waals surface area contributed by atoms with Gasteiger partial charge >= 0.3 is 5.97 Å². The summed E-state index contributed by atoms with van der Waals surface area (Å²) in [5.41, 5.74) is 2.67.